The van der Waals surface area contributed by atoms with Crippen molar-refractivity contribution in [3.63, 3.8) is 0 Å². The van der Waals surface area contributed by atoms with Gasteiger partial charge in [-0.15, -0.1) is 0 Å². The first-order chi connectivity index (χ1) is 29.7. The largest absolute Gasteiger partial charge is 0.456 e. The quantitative estimate of drug-likeness (QED) is 0.179. The highest BCUT2D eigenvalue weighted by molar-refractivity contribution is 6.22. The molecule has 0 bridgehead atoms. The molecular weight excluding hydrogens is 731 g/mol. The van der Waals surface area contributed by atoms with Crippen molar-refractivity contribution in [2.24, 2.45) is 0 Å². The van der Waals surface area contributed by atoms with Gasteiger partial charge in [0.1, 0.15) is 11.2 Å². The van der Waals surface area contributed by atoms with Gasteiger partial charge in [-0.1, -0.05) is 176 Å². The van der Waals surface area contributed by atoms with Gasteiger partial charge in [-0.25, -0.2) is 9.97 Å². The highest BCUT2D eigenvalue weighted by Gasteiger charge is 2.22. The van der Waals surface area contributed by atoms with Crippen molar-refractivity contribution < 1.29 is 4.42 Å². The van der Waals surface area contributed by atoms with Gasteiger partial charge in [0.15, 0.2) is 0 Å². The van der Waals surface area contributed by atoms with Crippen LogP contribution in [0.3, 0.4) is 0 Å². The van der Waals surface area contributed by atoms with Gasteiger partial charge in [-0.3, -0.25) is 4.57 Å². The van der Waals surface area contributed by atoms with Gasteiger partial charge in [0, 0.05) is 43.4 Å². The summed E-state index contributed by atoms with van der Waals surface area (Å²) < 4.78 is 8.91. The van der Waals surface area contributed by atoms with E-state index in [0.717, 1.165) is 87.8 Å². The summed E-state index contributed by atoms with van der Waals surface area (Å²) in [6, 6.07) is 71.4. The molecular formula is C56H33N3O. The number of furan rings is 1. The van der Waals surface area contributed by atoms with Crippen LogP contribution in [0.25, 0.3) is 126 Å². The maximum atomic E-state index is 6.61. The second-order valence-corrected chi connectivity index (χ2v) is 15.7. The fraction of sp³-hybridized carbons (Fsp3) is 0. The van der Waals surface area contributed by atoms with Gasteiger partial charge in [0.2, 0.25) is 5.95 Å². The van der Waals surface area contributed by atoms with E-state index in [-0.39, 0.29) is 0 Å². The summed E-state index contributed by atoms with van der Waals surface area (Å²) in [5.74, 6) is 0.627. The van der Waals surface area contributed by atoms with Gasteiger partial charge < -0.3 is 4.42 Å². The van der Waals surface area contributed by atoms with Crippen LogP contribution >= 0.6 is 0 Å². The third-order valence-corrected chi connectivity index (χ3v) is 12.4. The number of para-hydroxylation sites is 2. The molecule has 0 N–H and O–H groups in total. The van der Waals surface area contributed by atoms with Crippen LogP contribution in [0.2, 0.25) is 0 Å². The number of nitrogens with zero attached hydrogens (tertiary/aromatic N) is 3. The first-order valence-corrected chi connectivity index (χ1v) is 20.4. The number of hydrogen-bond acceptors (Lipinski definition) is 3. The summed E-state index contributed by atoms with van der Waals surface area (Å²) in [6.45, 7) is 0. The molecule has 0 saturated carbocycles. The Morgan fingerprint density at radius 1 is 0.350 bits per heavy atom. The summed E-state index contributed by atoms with van der Waals surface area (Å²) in [5, 5.41) is 12.7. The first kappa shape index (κ1) is 32.9. The lowest BCUT2D eigenvalue weighted by Gasteiger charge is -2.14. The monoisotopic (exact) mass is 763 g/mol. The normalized spacial score (nSPS) is 12.0. The number of aromatic nitrogens is 3. The van der Waals surface area contributed by atoms with Crippen molar-refractivity contribution in [2.45, 2.75) is 0 Å². The molecule has 0 amide bonds. The smallest absolute Gasteiger partial charge is 0.235 e. The molecule has 4 heteroatoms. The molecule has 10 aromatic carbocycles. The van der Waals surface area contributed by atoms with Crippen LogP contribution in [0.4, 0.5) is 0 Å². The third-order valence-electron chi connectivity index (χ3n) is 12.4. The molecule has 0 aliphatic carbocycles. The van der Waals surface area contributed by atoms with E-state index in [2.05, 4.69) is 205 Å². The van der Waals surface area contributed by atoms with E-state index in [4.69, 9.17) is 14.4 Å². The van der Waals surface area contributed by atoms with Gasteiger partial charge in [-0.2, -0.15) is 0 Å². The van der Waals surface area contributed by atoms with Crippen LogP contribution < -0.4 is 0 Å². The van der Waals surface area contributed by atoms with Crippen molar-refractivity contribution in [1.82, 2.24) is 14.5 Å². The van der Waals surface area contributed by atoms with Crippen molar-refractivity contribution >= 4 is 87.0 Å². The lowest BCUT2D eigenvalue weighted by molar-refractivity contribution is 0.669. The summed E-state index contributed by atoms with van der Waals surface area (Å²) in [5.41, 5.74) is 11.2. The number of fused-ring (bicyclic) bond motifs is 12. The standard InChI is InChI=1S/C56H33N3O/c1-4-15-40-34(11-1)14-9-19-41(40)37-23-25-38(26-24-37)53-47-18-7-8-22-49(47)57-56(58-53)59-54-43-17-6-3-13-36(43)27-30-46(54)45-21-10-20-44(55(45)59)39-28-31-48-51(33-39)60-50-32-29-35-12-2-5-16-42(35)52(48)50/h1-33H. The number of benzene rings is 10. The maximum absolute atomic E-state index is 6.61. The number of hydrogen-bond donors (Lipinski definition) is 0. The highest BCUT2D eigenvalue weighted by Crippen LogP contribution is 2.43. The van der Waals surface area contributed by atoms with Crippen molar-refractivity contribution in [3.8, 4) is 39.5 Å². The van der Waals surface area contributed by atoms with Gasteiger partial charge >= 0.3 is 0 Å². The zero-order valence-electron chi connectivity index (χ0n) is 32.3. The molecule has 0 aliphatic rings. The minimum atomic E-state index is 0.627. The zero-order valence-corrected chi connectivity index (χ0v) is 32.3. The van der Waals surface area contributed by atoms with E-state index in [0.29, 0.717) is 5.95 Å². The Morgan fingerprint density at radius 3 is 1.78 bits per heavy atom. The minimum Gasteiger partial charge on any atom is -0.456 e. The van der Waals surface area contributed by atoms with Crippen LogP contribution in [0.15, 0.2) is 205 Å². The van der Waals surface area contributed by atoms with E-state index in [1.807, 2.05) is 0 Å². The molecule has 4 nitrogen and oxygen atoms in total. The van der Waals surface area contributed by atoms with Crippen molar-refractivity contribution in [3.05, 3.63) is 200 Å². The average molecular weight is 764 g/mol. The molecule has 0 spiro atoms. The molecule has 3 aromatic heterocycles. The minimum absolute atomic E-state index is 0.627. The van der Waals surface area contributed by atoms with E-state index < -0.39 is 0 Å². The van der Waals surface area contributed by atoms with Crippen LogP contribution in [0.1, 0.15) is 0 Å². The van der Waals surface area contributed by atoms with Crippen LogP contribution in [-0.4, -0.2) is 14.5 Å². The van der Waals surface area contributed by atoms with E-state index in [9.17, 15) is 0 Å². The summed E-state index contributed by atoms with van der Waals surface area (Å²) in [7, 11) is 0. The molecule has 3 heterocycles. The Kier molecular flexibility index (Phi) is 6.98. The maximum Gasteiger partial charge on any atom is 0.235 e. The fourth-order valence-corrected chi connectivity index (χ4v) is 9.64. The van der Waals surface area contributed by atoms with Gasteiger partial charge in [0.25, 0.3) is 0 Å². The van der Waals surface area contributed by atoms with Crippen LogP contribution in [-0.2, 0) is 0 Å². The van der Waals surface area contributed by atoms with Crippen molar-refractivity contribution in [2.75, 3.05) is 0 Å². The predicted molar refractivity (Wildman–Crippen MR) is 250 cm³/mol. The van der Waals surface area contributed by atoms with Gasteiger partial charge in [0.05, 0.1) is 22.2 Å². The molecule has 13 aromatic rings. The Balaban J connectivity index is 1.06. The van der Waals surface area contributed by atoms with E-state index in [1.165, 1.54) is 32.7 Å². The second-order valence-electron chi connectivity index (χ2n) is 15.7. The Hall–Kier alpha value is -8.08. The zero-order chi connectivity index (χ0) is 39.3. The lowest BCUT2D eigenvalue weighted by atomic mass is 9.96. The molecule has 278 valence electrons. The Morgan fingerprint density at radius 2 is 0.933 bits per heavy atom. The summed E-state index contributed by atoms with van der Waals surface area (Å²) in [6.07, 6.45) is 0. The third kappa shape index (κ3) is 4.85. The molecule has 0 radical (unpaired) electrons. The summed E-state index contributed by atoms with van der Waals surface area (Å²) in [4.78, 5) is 10.9. The molecule has 0 aliphatic heterocycles. The first-order valence-electron chi connectivity index (χ1n) is 20.4. The SMILES string of the molecule is c1ccc2c(-c3ccc(-c4nc(-n5c6c(-c7ccc8c(c7)oc7ccc9ccccc9c78)cccc6c6ccc7ccccc7c65)nc5ccccc45)cc3)cccc2c1. The molecule has 0 atom stereocenters. The fourth-order valence-electron chi connectivity index (χ4n) is 9.64. The molecule has 0 fully saturated rings. The topological polar surface area (TPSA) is 43.9 Å². The van der Waals surface area contributed by atoms with E-state index >= 15 is 0 Å². The van der Waals surface area contributed by atoms with Crippen LogP contribution in [0.5, 0.6) is 0 Å². The molecule has 0 unspecified atom stereocenters. The predicted octanol–water partition coefficient (Wildman–Crippen LogP) is 15.1. The Labute approximate surface area is 344 Å². The van der Waals surface area contributed by atoms with Crippen LogP contribution in [0, 0.1) is 0 Å². The summed E-state index contributed by atoms with van der Waals surface area (Å²) >= 11 is 0. The number of rotatable bonds is 4. The van der Waals surface area contributed by atoms with Crippen molar-refractivity contribution in [1.29, 1.82) is 0 Å². The molecule has 60 heavy (non-hydrogen) atoms. The molecule has 13 rings (SSSR count). The second kappa shape index (κ2) is 12.7. The highest BCUT2D eigenvalue weighted by atomic mass is 16.3. The average Bonchev–Trinajstić information content (AvgIpc) is 3.87. The van der Waals surface area contributed by atoms with Gasteiger partial charge in [-0.05, 0) is 67.9 Å². The molecule has 0 saturated heterocycles. The lowest BCUT2D eigenvalue weighted by Crippen LogP contribution is -2.04. The Bertz CT molecular complexity index is 3890. The van der Waals surface area contributed by atoms with E-state index in [1.54, 1.807) is 0 Å².